The molecule has 0 bridgehead atoms. The summed E-state index contributed by atoms with van der Waals surface area (Å²) in [5, 5.41) is 13.5. The Bertz CT molecular complexity index is 597. The fourth-order valence-electron chi connectivity index (χ4n) is 3.27. The number of aliphatic carboxylic acids is 1. The van der Waals surface area contributed by atoms with Gasteiger partial charge < -0.3 is 19.3 Å². The number of amides is 1. The highest BCUT2D eigenvalue weighted by Crippen LogP contribution is 2.42. The highest BCUT2D eigenvalue weighted by atomic mass is 16.5. The van der Waals surface area contributed by atoms with Gasteiger partial charge in [0.05, 0.1) is 17.7 Å². The number of hydrogen-bond acceptors (Lipinski definition) is 5. The average molecular weight is 308 g/mol. The van der Waals surface area contributed by atoms with Gasteiger partial charge in [-0.3, -0.25) is 9.59 Å². The van der Waals surface area contributed by atoms with Crippen molar-refractivity contribution in [3.63, 3.8) is 0 Å². The Kier molecular flexibility index (Phi) is 3.68. The second kappa shape index (κ2) is 5.39. The Morgan fingerprint density at radius 1 is 1.50 bits per heavy atom. The number of fused-ring (bicyclic) bond motifs is 1. The van der Waals surface area contributed by atoms with Crippen LogP contribution in [0.3, 0.4) is 0 Å². The Balaban J connectivity index is 1.81. The molecule has 0 unspecified atom stereocenters. The largest absolute Gasteiger partial charge is 0.481 e. The monoisotopic (exact) mass is 308 g/mol. The van der Waals surface area contributed by atoms with Gasteiger partial charge in [0.2, 0.25) is 5.76 Å². The molecule has 0 aromatic carbocycles. The molecule has 1 amide bonds. The molecule has 1 aromatic heterocycles. The van der Waals surface area contributed by atoms with Crippen molar-refractivity contribution in [2.75, 3.05) is 26.3 Å². The summed E-state index contributed by atoms with van der Waals surface area (Å²) in [6.07, 6.45) is 0.435. The lowest BCUT2D eigenvalue weighted by Crippen LogP contribution is -2.45. The molecular formula is C15H20N2O5. The molecule has 2 aliphatic heterocycles. The van der Waals surface area contributed by atoms with Gasteiger partial charge in [0.15, 0.2) is 0 Å². The van der Waals surface area contributed by atoms with E-state index in [0.29, 0.717) is 26.2 Å². The molecule has 0 spiro atoms. The summed E-state index contributed by atoms with van der Waals surface area (Å²) in [5.41, 5.74) is -0.175. The first kappa shape index (κ1) is 15.0. The molecule has 2 fully saturated rings. The first-order valence-electron chi connectivity index (χ1n) is 7.51. The Morgan fingerprint density at radius 2 is 2.27 bits per heavy atom. The third kappa shape index (κ3) is 2.29. The molecule has 3 heterocycles. The van der Waals surface area contributed by atoms with E-state index in [-0.39, 0.29) is 30.0 Å². The van der Waals surface area contributed by atoms with E-state index in [1.165, 1.54) is 0 Å². The molecule has 7 heteroatoms. The van der Waals surface area contributed by atoms with Crippen LogP contribution in [0.5, 0.6) is 0 Å². The number of nitrogens with zero attached hydrogens (tertiary/aromatic N) is 2. The normalized spacial score (nSPS) is 28.0. The number of hydrogen-bond donors (Lipinski definition) is 1. The minimum atomic E-state index is -0.894. The summed E-state index contributed by atoms with van der Waals surface area (Å²) in [6, 6.07) is 1.64. The number of ether oxygens (including phenoxy) is 1. The number of carbonyl (C=O) groups is 2. The summed E-state index contributed by atoms with van der Waals surface area (Å²) in [7, 11) is 0. The van der Waals surface area contributed by atoms with Crippen molar-refractivity contribution in [2.24, 2.45) is 11.3 Å². The van der Waals surface area contributed by atoms with E-state index in [4.69, 9.17) is 9.26 Å². The maximum atomic E-state index is 12.5. The van der Waals surface area contributed by atoms with Crippen molar-refractivity contribution < 1.29 is 24.0 Å². The van der Waals surface area contributed by atoms with Crippen LogP contribution in [-0.4, -0.2) is 53.3 Å². The molecular weight excluding hydrogens is 288 g/mol. The van der Waals surface area contributed by atoms with Crippen molar-refractivity contribution in [2.45, 2.75) is 26.2 Å². The zero-order valence-corrected chi connectivity index (χ0v) is 12.7. The zero-order chi connectivity index (χ0) is 15.9. The predicted molar refractivity (Wildman–Crippen MR) is 75.5 cm³/mol. The van der Waals surface area contributed by atoms with Crippen molar-refractivity contribution in [1.82, 2.24) is 10.1 Å². The standard InChI is InChI=1S/C15H20N2O5/c1-9(2)11-5-12(22-16-11)13(18)17-6-10-7-21-4-3-15(10,8-17)14(19)20/h5,9-10H,3-4,6-8H2,1-2H3,(H,19,20)/t10-,15+/m0/s1. The first-order chi connectivity index (χ1) is 10.4. The van der Waals surface area contributed by atoms with Crippen LogP contribution in [-0.2, 0) is 9.53 Å². The van der Waals surface area contributed by atoms with Gasteiger partial charge in [-0.1, -0.05) is 19.0 Å². The van der Waals surface area contributed by atoms with Gasteiger partial charge in [0, 0.05) is 31.7 Å². The van der Waals surface area contributed by atoms with Crippen molar-refractivity contribution in [3.8, 4) is 0 Å². The highest BCUT2D eigenvalue weighted by Gasteiger charge is 2.55. The van der Waals surface area contributed by atoms with Crippen LogP contribution in [0.4, 0.5) is 0 Å². The molecule has 22 heavy (non-hydrogen) atoms. The van der Waals surface area contributed by atoms with Gasteiger partial charge in [-0.2, -0.15) is 0 Å². The fraction of sp³-hybridized carbons (Fsp3) is 0.667. The molecule has 3 rings (SSSR count). The van der Waals surface area contributed by atoms with E-state index in [1.807, 2.05) is 13.8 Å². The third-order valence-corrected chi connectivity index (χ3v) is 4.75. The van der Waals surface area contributed by atoms with Crippen LogP contribution >= 0.6 is 0 Å². The lowest BCUT2D eigenvalue weighted by atomic mass is 9.74. The average Bonchev–Trinajstić information content (AvgIpc) is 3.11. The van der Waals surface area contributed by atoms with Gasteiger partial charge >= 0.3 is 5.97 Å². The van der Waals surface area contributed by atoms with Crippen molar-refractivity contribution >= 4 is 11.9 Å². The van der Waals surface area contributed by atoms with E-state index < -0.39 is 11.4 Å². The van der Waals surface area contributed by atoms with E-state index >= 15 is 0 Å². The second-order valence-corrected chi connectivity index (χ2v) is 6.44. The van der Waals surface area contributed by atoms with E-state index in [2.05, 4.69) is 5.16 Å². The molecule has 2 atom stereocenters. The lowest BCUT2D eigenvalue weighted by molar-refractivity contribution is -0.157. The number of aromatic nitrogens is 1. The molecule has 2 saturated heterocycles. The summed E-state index contributed by atoms with van der Waals surface area (Å²) >= 11 is 0. The lowest BCUT2D eigenvalue weighted by Gasteiger charge is -2.33. The van der Waals surface area contributed by atoms with Crippen LogP contribution in [0, 0.1) is 11.3 Å². The summed E-state index contributed by atoms with van der Waals surface area (Å²) < 4.78 is 10.5. The van der Waals surface area contributed by atoms with E-state index in [9.17, 15) is 14.7 Å². The molecule has 7 nitrogen and oxygen atoms in total. The van der Waals surface area contributed by atoms with Crippen LogP contribution in [0.15, 0.2) is 10.6 Å². The number of rotatable bonds is 3. The minimum Gasteiger partial charge on any atom is -0.481 e. The molecule has 2 aliphatic rings. The second-order valence-electron chi connectivity index (χ2n) is 6.44. The highest BCUT2D eigenvalue weighted by molar-refractivity contribution is 5.92. The van der Waals surface area contributed by atoms with Crippen LogP contribution in [0.2, 0.25) is 0 Å². The number of carbonyl (C=O) groups excluding carboxylic acids is 1. The molecule has 1 N–H and O–H groups in total. The zero-order valence-electron chi connectivity index (χ0n) is 12.7. The summed E-state index contributed by atoms with van der Waals surface area (Å²) in [4.78, 5) is 25.8. The molecule has 1 aromatic rings. The van der Waals surface area contributed by atoms with Crippen LogP contribution in [0.1, 0.15) is 42.4 Å². The summed E-state index contributed by atoms with van der Waals surface area (Å²) in [5.74, 6) is -0.977. The molecule has 0 saturated carbocycles. The molecule has 0 aliphatic carbocycles. The van der Waals surface area contributed by atoms with Gasteiger partial charge in [0.1, 0.15) is 0 Å². The van der Waals surface area contributed by atoms with E-state index in [1.54, 1.807) is 11.0 Å². The Morgan fingerprint density at radius 3 is 2.86 bits per heavy atom. The van der Waals surface area contributed by atoms with Crippen LogP contribution < -0.4 is 0 Å². The SMILES string of the molecule is CC(C)c1cc(C(=O)N2C[C@H]3COCC[C@@]3(C(=O)O)C2)on1. The van der Waals surface area contributed by atoms with Crippen LogP contribution in [0.25, 0.3) is 0 Å². The van der Waals surface area contributed by atoms with Gasteiger partial charge in [-0.05, 0) is 12.3 Å². The molecule has 120 valence electrons. The van der Waals surface area contributed by atoms with Gasteiger partial charge in [-0.15, -0.1) is 0 Å². The third-order valence-electron chi connectivity index (χ3n) is 4.75. The van der Waals surface area contributed by atoms with E-state index in [0.717, 1.165) is 5.69 Å². The van der Waals surface area contributed by atoms with Crippen molar-refractivity contribution in [3.05, 3.63) is 17.5 Å². The number of carboxylic acids is 1. The van der Waals surface area contributed by atoms with Gasteiger partial charge in [-0.25, -0.2) is 0 Å². The Hall–Kier alpha value is -1.89. The van der Waals surface area contributed by atoms with Crippen molar-refractivity contribution in [1.29, 1.82) is 0 Å². The quantitative estimate of drug-likeness (QED) is 0.906. The minimum absolute atomic E-state index is 0.170. The Labute approximate surface area is 128 Å². The predicted octanol–water partition coefficient (Wildman–Crippen LogP) is 1.36. The number of likely N-dealkylation sites (tertiary alicyclic amines) is 1. The fourth-order valence-corrected chi connectivity index (χ4v) is 3.27. The summed E-state index contributed by atoms with van der Waals surface area (Å²) in [6.45, 7) is 5.31. The molecule has 0 radical (unpaired) electrons. The topological polar surface area (TPSA) is 92.9 Å². The maximum Gasteiger partial charge on any atom is 0.311 e. The smallest absolute Gasteiger partial charge is 0.311 e. The number of carboxylic acid groups (broad SMARTS) is 1. The maximum absolute atomic E-state index is 12.5. The first-order valence-corrected chi connectivity index (χ1v) is 7.51. The van der Waals surface area contributed by atoms with Gasteiger partial charge in [0.25, 0.3) is 5.91 Å².